The molecule has 1 unspecified atom stereocenters. The molecular weight excluding hydrogens is 220 g/mol. The van der Waals surface area contributed by atoms with E-state index in [1.807, 2.05) is 0 Å². The van der Waals surface area contributed by atoms with Gasteiger partial charge in [-0.3, -0.25) is 0 Å². The first-order valence-electron chi connectivity index (χ1n) is 5.67. The Hall–Kier alpha value is -1.75. The lowest BCUT2D eigenvalue weighted by Gasteiger charge is -2.27. The van der Waals surface area contributed by atoms with Crippen LogP contribution in [0, 0.1) is 0 Å². The maximum absolute atomic E-state index is 10.9. The Kier molecular flexibility index (Phi) is 3.49. The van der Waals surface area contributed by atoms with Gasteiger partial charge in [-0.15, -0.1) is 0 Å². The first kappa shape index (κ1) is 11.7. The van der Waals surface area contributed by atoms with Gasteiger partial charge in [0.25, 0.3) is 0 Å². The second-order valence-electron chi connectivity index (χ2n) is 4.10. The summed E-state index contributed by atoms with van der Waals surface area (Å²) in [5.41, 5.74) is 6.47. The average molecular weight is 236 g/mol. The first-order chi connectivity index (χ1) is 8.20. The second kappa shape index (κ2) is 5.05. The van der Waals surface area contributed by atoms with E-state index < -0.39 is 5.97 Å². The van der Waals surface area contributed by atoms with E-state index in [4.69, 9.17) is 15.6 Å². The molecule has 1 aliphatic heterocycles. The van der Waals surface area contributed by atoms with Crippen LogP contribution in [0.3, 0.4) is 0 Å². The molecule has 1 aromatic rings. The molecule has 0 radical (unpaired) electrons. The van der Waals surface area contributed by atoms with E-state index in [0.29, 0.717) is 18.9 Å². The van der Waals surface area contributed by atoms with Crippen LogP contribution >= 0.6 is 0 Å². The van der Waals surface area contributed by atoms with E-state index in [1.54, 1.807) is 18.2 Å². The molecule has 4 N–H and O–H groups in total. The molecule has 1 heterocycles. The van der Waals surface area contributed by atoms with Crippen molar-refractivity contribution in [3.63, 3.8) is 0 Å². The molecular formula is C12H16N2O3. The summed E-state index contributed by atoms with van der Waals surface area (Å²) in [4.78, 5) is 10.9. The third-order valence-corrected chi connectivity index (χ3v) is 2.78. The van der Waals surface area contributed by atoms with Crippen LogP contribution in [0.15, 0.2) is 18.2 Å². The molecule has 0 fully saturated rings. The number of ether oxygens (including phenoxy) is 1. The van der Waals surface area contributed by atoms with Crippen LogP contribution in [0.5, 0.6) is 5.75 Å². The Labute approximate surface area is 99.6 Å². The van der Waals surface area contributed by atoms with Gasteiger partial charge in [0.05, 0.1) is 17.3 Å². The summed E-state index contributed by atoms with van der Waals surface area (Å²) in [5, 5.41) is 12.2. The average Bonchev–Trinajstić information content (AvgIpc) is 2.35. The number of hydrogen-bond donors (Lipinski definition) is 3. The van der Waals surface area contributed by atoms with Gasteiger partial charge < -0.3 is 20.9 Å². The van der Waals surface area contributed by atoms with Gasteiger partial charge in [0.2, 0.25) is 0 Å². The molecule has 1 aliphatic rings. The van der Waals surface area contributed by atoms with Crippen LogP contribution in [0.2, 0.25) is 0 Å². The summed E-state index contributed by atoms with van der Waals surface area (Å²) in [5.74, 6) is -0.224. The Morgan fingerprint density at radius 1 is 1.59 bits per heavy atom. The summed E-state index contributed by atoms with van der Waals surface area (Å²) < 4.78 is 5.57. The van der Waals surface area contributed by atoms with Gasteiger partial charge in [-0.05, 0) is 37.6 Å². The zero-order chi connectivity index (χ0) is 12.3. The highest BCUT2D eigenvalue weighted by atomic mass is 16.5. The van der Waals surface area contributed by atoms with Crippen molar-refractivity contribution in [2.24, 2.45) is 5.73 Å². The zero-order valence-corrected chi connectivity index (χ0v) is 9.48. The minimum atomic E-state index is -0.932. The Morgan fingerprint density at radius 3 is 3.12 bits per heavy atom. The highest BCUT2D eigenvalue weighted by molar-refractivity contribution is 5.89. The maximum Gasteiger partial charge on any atom is 0.335 e. The third kappa shape index (κ3) is 2.68. The molecule has 5 nitrogen and oxygen atoms in total. The Bertz CT molecular complexity index is 420. The smallest absolute Gasteiger partial charge is 0.335 e. The lowest BCUT2D eigenvalue weighted by atomic mass is 10.1. The molecule has 0 spiro atoms. The number of nitrogens with two attached hydrogens (primary N) is 1. The fourth-order valence-electron chi connectivity index (χ4n) is 1.87. The number of carboxylic acids is 1. The molecule has 17 heavy (non-hydrogen) atoms. The van der Waals surface area contributed by atoms with Gasteiger partial charge in [-0.2, -0.15) is 0 Å². The quantitative estimate of drug-likeness (QED) is 0.733. The largest absolute Gasteiger partial charge is 0.489 e. The molecule has 1 aromatic carbocycles. The van der Waals surface area contributed by atoms with Crippen molar-refractivity contribution < 1.29 is 14.6 Å². The van der Waals surface area contributed by atoms with Crippen molar-refractivity contribution in [1.29, 1.82) is 0 Å². The van der Waals surface area contributed by atoms with Gasteiger partial charge in [-0.25, -0.2) is 4.79 Å². The van der Waals surface area contributed by atoms with Gasteiger partial charge in [0, 0.05) is 0 Å². The van der Waals surface area contributed by atoms with Crippen LogP contribution in [0.25, 0.3) is 0 Å². The molecule has 0 amide bonds. The number of nitrogens with one attached hydrogen (secondary N) is 1. The number of benzene rings is 1. The molecule has 0 bridgehead atoms. The summed E-state index contributed by atoms with van der Waals surface area (Å²) in [6.07, 6.45) is 1.85. The third-order valence-electron chi connectivity index (χ3n) is 2.78. The van der Waals surface area contributed by atoms with Crippen LogP contribution in [-0.2, 0) is 0 Å². The van der Waals surface area contributed by atoms with E-state index in [0.717, 1.165) is 18.5 Å². The minimum Gasteiger partial charge on any atom is -0.489 e. The highest BCUT2D eigenvalue weighted by Gasteiger charge is 2.19. The topological polar surface area (TPSA) is 84.6 Å². The minimum absolute atomic E-state index is 0.204. The maximum atomic E-state index is 10.9. The molecule has 0 saturated heterocycles. The normalized spacial score (nSPS) is 17.8. The molecule has 5 heteroatoms. The van der Waals surface area contributed by atoms with Gasteiger partial charge in [0.15, 0.2) is 0 Å². The lowest BCUT2D eigenvalue weighted by Crippen LogP contribution is -2.32. The number of fused-ring (bicyclic) bond motifs is 1. The number of carboxylic acid groups (broad SMARTS) is 1. The summed E-state index contributed by atoms with van der Waals surface area (Å²) in [6.45, 7) is 1.25. The predicted octanol–water partition coefficient (Wildman–Crippen LogP) is 1.30. The highest BCUT2D eigenvalue weighted by Crippen LogP contribution is 2.30. The summed E-state index contributed by atoms with van der Waals surface area (Å²) in [7, 11) is 0. The second-order valence-corrected chi connectivity index (χ2v) is 4.10. The number of carbonyl (C=O) groups is 1. The standard InChI is InChI=1S/C12H16N2O3/c13-5-1-2-9-7-17-11-4-3-8(12(15)16)6-10(11)14-9/h3-4,6,9,14H,1-2,5,7,13H2,(H,15,16). The Balaban J connectivity index is 2.12. The molecule has 0 aromatic heterocycles. The number of hydrogen-bond acceptors (Lipinski definition) is 4. The van der Waals surface area contributed by atoms with Crippen molar-refractivity contribution >= 4 is 11.7 Å². The number of rotatable bonds is 4. The van der Waals surface area contributed by atoms with E-state index >= 15 is 0 Å². The van der Waals surface area contributed by atoms with Crippen molar-refractivity contribution in [2.75, 3.05) is 18.5 Å². The van der Waals surface area contributed by atoms with Crippen molar-refractivity contribution in [1.82, 2.24) is 0 Å². The van der Waals surface area contributed by atoms with Gasteiger partial charge in [0.1, 0.15) is 12.4 Å². The van der Waals surface area contributed by atoms with Crippen molar-refractivity contribution in [3.8, 4) is 5.75 Å². The van der Waals surface area contributed by atoms with Crippen molar-refractivity contribution in [3.05, 3.63) is 23.8 Å². The lowest BCUT2D eigenvalue weighted by molar-refractivity contribution is 0.0697. The van der Waals surface area contributed by atoms with Gasteiger partial charge >= 0.3 is 5.97 Å². The van der Waals surface area contributed by atoms with Crippen molar-refractivity contribution in [2.45, 2.75) is 18.9 Å². The summed E-state index contributed by atoms with van der Waals surface area (Å²) in [6, 6.07) is 5.04. The van der Waals surface area contributed by atoms with E-state index in [9.17, 15) is 4.79 Å². The molecule has 0 saturated carbocycles. The van der Waals surface area contributed by atoms with E-state index in [1.165, 1.54) is 0 Å². The van der Waals surface area contributed by atoms with Crippen LogP contribution in [0.1, 0.15) is 23.2 Å². The monoisotopic (exact) mass is 236 g/mol. The fourth-order valence-corrected chi connectivity index (χ4v) is 1.87. The summed E-state index contributed by atoms with van der Waals surface area (Å²) >= 11 is 0. The van der Waals surface area contributed by atoms with Crippen LogP contribution in [-0.4, -0.2) is 30.3 Å². The van der Waals surface area contributed by atoms with Gasteiger partial charge in [-0.1, -0.05) is 0 Å². The van der Waals surface area contributed by atoms with Crippen LogP contribution in [0.4, 0.5) is 5.69 Å². The SMILES string of the molecule is NCCCC1COc2ccc(C(=O)O)cc2N1. The fraction of sp³-hybridized carbons (Fsp3) is 0.417. The predicted molar refractivity (Wildman–Crippen MR) is 64.6 cm³/mol. The van der Waals surface area contributed by atoms with Crippen LogP contribution < -0.4 is 15.8 Å². The number of aromatic carboxylic acids is 1. The molecule has 0 aliphatic carbocycles. The Morgan fingerprint density at radius 2 is 2.41 bits per heavy atom. The molecule has 2 rings (SSSR count). The number of anilines is 1. The zero-order valence-electron chi connectivity index (χ0n) is 9.48. The van der Waals surface area contributed by atoms with E-state index in [2.05, 4.69) is 5.32 Å². The van der Waals surface area contributed by atoms with E-state index in [-0.39, 0.29) is 11.6 Å². The molecule has 1 atom stereocenters. The first-order valence-corrected chi connectivity index (χ1v) is 5.67. The molecule has 92 valence electrons.